The Labute approximate surface area is 387 Å². The van der Waals surface area contributed by atoms with Crippen molar-refractivity contribution in [2.45, 2.75) is 334 Å². The number of amides is 1. The molecule has 0 aromatic carbocycles. The third-order valence-electron chi connectivity index (χ3n) is 13.5. The van der Waals surface area contributed by atoms with Gasteiger partial charge in [-0.3, -0.25) is 4.79 Å². The zero-order valence-electron chi connectivity index (χ0n) is 41.9. The fourth-order valence-corrected chi connectivity index (χ4v) is 9.06. The summed E-state index contributed by atoms with van der Waals surface area (Å²) in [4.78, 5) is 12.6. The molecule has 1 amide bonds. The number of allylic oxidation sites excluding steroid dienone is 2. The molecule has 0 fully saturated rings. The number of unbranched alkanes of at least 4 members (excludes halogenated alkanes) is 41. The maximum Gasteiger partial charge on any atom is 0.249 e. The van der Waals surface area contributed by atoms with Gasteiger partial charge in [0.05, 0.1) is 18.8 Å². The van der Waals surface area contributed by atoms with Crippen molar-refractivity contribution in [1.29, 1.82) is 0 Å². The molecule has 62 heavy (non-hydrogen) atoms. The third-order valence-corrected chi connectivity index (χ3v) is 13.5. The van der Waals surface area contributed by atoms with E-state index in [4.69, 9.17) is 0 Å². The van der Waals surface area contributed by atoms with Crippen LogP contribution in [-0.2, 0) is 4.79 Å². The Kier molecular flexibility index (Phi) is 50.3. The molecule has 370 valence electrons. The van der Waals surface area contributed by atoms with Crippen LogP contribution in [0.5, 0.6) is 0 Å². The molecule has 0 aliphatic rings. The number of aliphatic hydroxyl groups excluding tert-OH is 4. The summed E-state index contributed by atoms with van der Waals surface area (Å²) in [5, 5.41) is 44.0. The summed E-state index contributed by atoms with van der Waals surface area (Å²) in [5.41, 5.74) is 0. The van der Waals surface area contributed by atoms with Crippen molar-refractivity contribution in [1.82, 2.24) is 5.32 Å². The molecule has 0 spiro atoms. The lowest BCUT2D eigenvalue weighted by Crippen LogP contribution is -2.53. The van der Waals surface area contributed by atoms with Gasteiger partial charge in [-0.2, -0.15) is 0 Å². The highest BCUT2D eigenvalue weighted by Crippen LogP contribution is 2.18. The van der Waals surface area contributed by atoms with Gasteiger partial charge in [-0.05, 0) is 38.5 Å². The van der Waals surface area contributed by atoms with Crippen molar-refractivity contribution in [3.05, 3.63) is 12.2 Å². The molecule has 0 aliphatic heterocycles. The van der Waals surface area contributed by atoms with Crippen LogP contribution in [0.1, 0.15) is 309 Å². The molecule has 0 saturated heterocycles. The number of carbonyl (C=O) groups is 1. The van der Waals surface area contributed by atoms with Crippen LogP contribution in [0, 0.1) is 0 Å². The van der Waals surface area contributed by atoms with E-state index in [1.807, 2.05) is 0 Å². The second kappa shape index (κ2) is 51.0. The Morgan fingerprint density at radius 3 is 0.968 bits per heavy atom. The molecule has 0 rings (SSSR count). The molecule has 6 heteroatoms. The second-order valence-electron chi connectivity index (χ2n) is 19.6. The fourth-order valence-electron chi connectivity index (χ4n) is 9.06. The first-order valence-corrected chi connectivity index (χ1v) is 28.1. The van der Waals surface area contributed by atoms with E-state index in [-0.39, 0.29) is 0 Å². The van der Waals surface area contributed by atoms with Gasteiger partial charge in [-0.25, -0.2) is 0 Å². The SMILES string of the molecule is CCCCCCCCCCCCCCCCCCCCCC/C=C/CCCC(O)C(O)C(CO)NC(=O)C(O)CCCCCCCCCCCCCCCCCCCCCCC. The number of aliphatic hydroxyl groups is 4. The first kappa shape index (κ1) is 61.0. The van der Waals surface area contributed by atoms with Gasteiger partial charge in [0.1, 0.15) is 12.2 Å². The van der Waals surface area contributed by atoms with Crippen LogP contribution in [0.25, 0.3) is 0 Å². The molecule has 0 saturated carbocycles. The van der Waals surface area contributed by atoms with Crippen molar-refractivity contribution in [2.75, 3.05) is 6.61 Å². The van der Waals surface area contributed by atoms with E-state index in [9.17, 15) is 25.2 Å². The van der Waals surface area contributed by atoms with E-state index in [2.05, 4.69) is 31.3 Å². The van der Waals surface area contributed by atoms with Crippen LogP contribution in [0.15, 0.2) is 12.2 Å². The summed E-state index contributed by atoms with van der Waals surface area (Å²) in [7, 11) is 0. The first-order valence-electron chi connectivity index (χ1n) is 28.1. The molecule has 6 nitrogen and oxygen atoms in total. The Bertz CT molecular complexity index is 898. The van der Waals surface area contributed by atoms with Crippen molar-refractivity contribution in [3.63, 3.8) is 0 Å². The molecule has 0 aliphatic carbocycles. The lowest BCUT2D eigenvalue weighted by molar-refractivity contribution is -0.132. The smallest absolute Gasteiger partial charge is 0.249 e. The average molecular weight is 879 g/mol. The summed E-state index contributed by atoms with van der Waals surface area (Å²) in [5.74, 6) is -0.587. The summed E-state index contributed by atoms with van der Waals surface area (Å²) in [6.45, 7) is 4.08. The molecular weight excluding hydrogens is 767 g/mol. The molecule has 0 aromatic heterocycles. The summed E-state index contributed by atoms with van der Waals surface area (Å²) in [6, 6.07) is -0.998. The fraction of sp³-hybridized carbons (Fsp3) is 0.946. The Balaban J connectivity index is 3.63. The van der Waals surface area contributed by atoms with Gasteiger partial charge in [0.2, 0.25) is 5.91 Å². The molecular formula is C56H111NO5. The number of nitrogens with one attached hydrogen (secondary N) is 1. The van der Waals surface area contributed by atoms with E-state index < -0.39 is 36.9 Å². The average Bonchev–Trinajstić information content (AvgIpc) is 3.28. The minimum Gasteiger partial charge on any atom is -0.394 e. The molecule has 4 atom stereocenters. The van der Waals surface area contributed by atoms with Crippen molar-refractivity contribution in [2.24, 2.45) is 0 Å². The minimum atomic E-state index is -1.28. The van der Waals surface area contributed by atoms with Gasteiger partial charge in [0.15, 0.2) is 0 Å². The highest BCUT2D eigenvalue weighted by atomic mass is 16.3. The summed E-state index contributed by atoms with van der Waals surface area (Å²) < 4.78 is 0. The zero-order chi connectivity index (χ0) is 45.2. The number of hydrogen-bond acceptors (Lipinski definition) is 5. The van der Waals surface area contributed by atoms with Crippen LogP contribution in [0.4, 0.5) is 0 Å². The number of rotatable bonds is 52. The summed E-state index contributed by atoms with van der Waals surface area (Å²) >= 11 is 0. The molecule has 0 aromatic rings. The maximum absolute atomic E-state index is 12.6. The largest absolute Gasteiger partial charge is 0.394 e. The monoisotopic (exact) mass is 878 g/mol. The zero-order valence-corrected chi connectivity index (χ0v) is 41.9. The normalized spacial score (nSPS) is 13.8. The molecule has 0 heterocycles. The van der Waals surface area contributed by atoms with Gasteiger partial charge >= 0.3 is 0 Å². The molecule has 0 bridgehead atoms. The van der Waals surface area contributed by atoms with Gasteiger partial charge in [0.25, 0.3) is 0 Å². The predicted molar refractivity (Wildman–Crippen MR) is 270 cm³/mol. The van der Waals surface area contributed by atoms with Gasteiger partial charge < -0.3 is 25.7 Å². The van der Waals surface area contributed by atoms with Crippen molar-refractivity contribution >= 4 is 5.91 Å². The standard InChI is InChI=1S/C56H111NO5/c1-3-5-7-9-11-13-15-17-19-21-23-25-26-27-28-30-31-33-35-37-39-41-43-45-47-49-53(59)55(61)52(51-58)57-56(62)54(60)50-48-46-44-42-40-38-36-34-32-29-24-22-20-18-16-14-12-10-8-6-4-2/h41,43,52-55,58-61H,3-40,42,44-51H2,1-2H3,(H,57,62)/b43-41+. The van der Waals surface area contributed by atoms with Crippen molar-refractivity contribution < 1.29 is 25.2 Å². The lowest BCUT2D eigenvalue weighted by Gasteiger charge is -2.27. The van der Waals surface area contributed by atoms with Crippen LogP contribution in [0.2, 0.25) is 0 Å². The Morgan fingerprint density at radius 2 is 0.661 bits per heavy atom. The van der Waals surface area contributed by atoms with E-state index >= 15 is 0 Å². The maximum atomic E-state index is 12.6. The highest BCUT2D eigenvalue weighted by Gasteiger charge is 2.28. The van der Waals surface area contributed by atoms with Crippen molar-refractivity contribution in [3.8, 4) is 0 Å². The second-order valence-corrected chi connectivity index (χ2v) is 19.6. The van der Waals surface area contributed by atoms with E-state index in [1.54, 1.807) is 0 Å². The quantitative estimate of drug-likeness (QED) is 0.0309. The highest BCUT2D eigenvalue weighted by molar-refractivity contribution is 5.80. The molecule has 5 N–H and O–H groups in total. The van der Waals surface area contributed by atoms with Gasteiger partial charge in [-0.15, -0.1) is 0 Å². The number of hydrogen-bond donors (Lipinski definition) is 5. The Hall–Kier alpha value is -0.950. The predicted octanol–water partition coefficient (Wildman–Crippen LogP) is 16.1. The minimum absolute atomic E-state index is 0.369. The van der Waals surface area contributed by atoms with Crippen LogP contribution in [-0.4, -0.2) is 57.3 Å². The van der Waals surface area contributed by atoms with Gasteiger partial charge in [-0.1, -0.05) is 283 Å². The van der Waals surface area contributed by atoms with E-state index in [0.29, 0.717) is 12.8 Å². The summed E-state index contributed by atoms with van der Waals surface area (Å²) in [6.07, 6.45) is 60.0. The van der Waals surface area contributed by atoms with Crippen LogP contribution < -0.4 is 5.32 Å². The van der Waals surface area contributed by atoms with Crippen LogP contribution in [0.3, 0.4) is 0 Å². The topological polar surface area (TPSA) is 110 Å². The molecule has 4 unspecified atom stereocenters. The first-order chi connectivity index (χ1) is 30.5. The van der Waals surface area contributed by atoms with E-state index in [1.165, 1.54) is 244 Å². The Morgan fingerprint density at radius 1 is 0.387 bits per heavy atom. The molecule has 0 radical (unpaired) electrons. The third kappa shape index (κ3) is 44.3. The van der Waals surface area contributed by atoms with Crippen LogP contribution >= 0.6 is 0 Å². The van der Waals surface area contributed by atoms with E-state index in [0.717, 1.165) is 38.5 Å². The van der Waals surface area contributed by atoms with Gasteiger partial charge in [0, 0.05) is 0 Å². The number of carbonyl (C=O) groups excluding carboxylic acids is 1. The lowest BCUT2D eigenvalue weighted by atomic mass is 10.00.